The molecular formula is C11H18O4. The normalized spacial score (nSPS) is 41.1. The van der Waals surface area contributed by atoms with Crippen molar-refractivity contribution in [2.75, 3.05) is 7.11 Å². The topological polar surface area (TPSA) is 51.4 Å². The summed E-state index contributed by atoms with van der Waals surface area (Å²) in [5, 5.41) is 0. The summed E-state index contributed by atoms with van der Waals surface area (Å²) in [5.41, 5.74) is -0.304. The minimum atomic E-state index is -0.371. The highest BCUT2D eigenvalue weighted by Crippen LogP contribution is 2.45. The summed E-state index contributed by atoms with van der Waals surface area (Å²) in [6, 6.07) is 0. The fourth-order valence-electron chi connectivity index (χ4n) is 1.99. The summed E-state index contributed by atoms with van der Waals surface area (Å²) >= 11 is 0. The lowest BCUT2D eigenvalue weighted by Crippen LogP contribution is -2.20. The molecule has 2 aliphatic rings. The quantitative estimate of drug-likeness (QED) is 0.522. The summed E-state index contributed by atoms with van der Waals surface area (Å²) < 4.78 is 15.5. The first-order valence-electron chi connectivity index (χ1n) is 5.32. The Hall–Kier alpha value is -0.610. The molecule has 0 spiro atoms. The van der Waals surface area contributed by atoms with E-state index in [-0.39, 0.29) is 23.3 Å². The molecule has 2 aliphatic heterocycles. The molecule has 4 heteroatoms. The zero-order valence-electron chi connectivity index (χ0n) is 9.70. The molecule has 86 valence electrons. The van der Waals surface area contributed by atoms with Gasteiger partial charge in [0.25, 0.3) is 0 Å². The number of esters is 1. The second-order valence-corrected chi connectivity index (χ2v) is 5.08. The second kappa shape index (κ2) is 3.19. The van der Waals surface area contributed by atoms with Crippen molar-refractivity contribution in [1.29, 1.82) is 0 Å². The van der Waals surface area contributed by atoms with Crippen LogP contribution in [-0.4, -0.2) is 36.5 Å². The third kappa shape index (κ3) is 2.01. The molecule has 0 aromatic heterocycles. The molecule has 15 heavy (non-hydrogen) atoms. The molecule has 0 saturated carbocycles. The van der Waals surface area contributed by atoms with Crippen LogP contribution in [0.3, 0.4) is 0 Å². The minimum absolute atomic E-state index is 0.0199. The molecular weight excluding hydrogens is 196 g/mol. The maximum absolute atomic E-state index is 11.2. The van der Waals surface area contributed by atoms with Crippen LogP contribution in [0.25, 0.3) is 0 Å². The highest BCUT2D eigenvalue weighted by atomic mass is 16.7. The first kappa shape index (κ1) is 10.9. The fourth-order valence-corrected chi connectivity index (χ4v) is 1.99. The Kier molecular flexibility index (Phi) is 2.32. The van der Waals surface area contributed by atoms with E-state index in [0.29, 0.717) is 6.10 Å². The van der Waals surface area contributed by atoms with Crippen LogP contribution in [0.5, 0.6) is 0 Å². The van der Waals surface area contributed by atoms with E-state index in [0.717, 1.165) is 12.8 Å². The largest absolute Gasteiger partial charge is 0.467 e. The van der Waals surface area contributed by atoms with Gasteiger partial charge in [-0.2, -0.15) is 0 Å². The van der Waals surface area contributed by atoms with Crippen molar-refractivity contribution >= 4 is 5.97 Å². The van der Waals surface area contributed by atoms with Crippen LogP contribution in [0.15, 0.2) is 0 Å². The molecule has 0 bridgehead atoms. The van der Waals surface area contributed by atoms with Gasteiger partial charge in [-0.15, -0.1) is 0 Å². The average Bonchev–Trinajstić information content (AvgIpc) is 3.00. The number of ether oxygens (including phenoxy) is 3. The Balaban J connectivity index is 1.75. The highest BCUT2D eigenvalue weighted by Gasteiger charge is 2.59. The Labute approximate surface area is 89.9 Å². The fraction of sp³-hybridized carbons (Fsp3) is 0.909. The van der Waals surface area contributed by atoms with Gasteiger partial charge in [-0.05, 0) is 33.6 Å². The lowest BCUT2D eigenvalue weighted by Gasteiger charge is -2.04. The molecule has 0 N–H and O–H groups in total. The summed E-state index contributed by atoms with van der Waals surface area (Å²) in [7, 11) is 1.39. The highest BCUT2D eigenvalue weighted by molar-refractivity contribution is 5.79. The number of hydrogen-bond acceptors (Lipinski definition) is 4. The Bertz CT molecular complexity index is 286. The zero-order chi connectivity index (χ0) is 11.3. The smallest absolute Gasteiger partial charge is 0.338 e. The average molecular weight is 214 g/mol. The minimum Gasteiger partial charge on any atom is -0.467 e. The van der Waals surface area contributed by atoms with Crippen LogP contribution >= 0.6 is 0 Å². The lowest BCUT2D eigenvalue weighted by atomic mass is 9.97. The predicted octanol–water partition coefficient (Wildman–Crippen LogP) is 1.27. The summed E-state index contributed by atoms with van der Waals surface area (Å²) in [4.78, 5) is 11.2. The Morgan fingerprint density at radius 2 is 1.93 bits per heavy atom. The standard InChI is InChI=1S/C11H18O4/c1-10(2)7(14-10)5-6-11(3)8(15-11)9(12)13-4/h7-8H,5-6H2,1-4H3/t7?,8-,11-/m1/s1. The molecule has 1 unspecified atom stereocenters. The summed E-state index contributed by atoms with van der Waals surface area (Å²) in [6.45, 7) is 6.10. The molecule has 0 aliphatic carbocycles. The van der Waals surface area contributed by atoms with Gasteiger partial charge in [0, 0.05) is 0 Å². The van der Waals surface area contributed by atoms with Crippen molar-refractivity contribution in [3.63, 3.8) is 0 Å². The molecule has 0 aromatic rings. The van der Waals surface area contributed by atoms with Gasteiger partial charge in [0.05, 0.1) is 18.8 Å². The molecule has 2 saturated heterocycles. The number of epoxide rings is 2. The molecule has 2 heterocycles. The van der Waals surface area contributed by atoms with Crippen molar-refractivity contribution < 1.29 is 19.0 Å². The van der Waals surface area contributed by atoms with Gasteiger partial charge in [-0.1, -0.05) is 0 Å². The van der Waals surface area contributed by atoms with Crippen LogP contribution in [0.4, 0.5) is 0 Å². The van der Waals surface area contributed by atoms with E-state index >= 15 is 0 Å². The summed E-state index contributed by atoms with van der Waals surface area (Å²) in [6.07, 6.45) is 1.74. The van der Waals surface area contributed by atoms with Crippen LogP contribution < -0.4 is 0 Å². The second-order valence-electron chi connectivity index (χ2n) is 5.08. The van der Waals surface area contributed by atoms with Crippen molar-refractivity contribution in [2.45, 2.75) is 57.0 Å². The van der Waals surface area contributed by atoms with Crippen LogP contribution in [0, 0.1) is 0 Å². The van der Waals surface area contributed by atoms with Gasteiger partial charge in [0.1, 0.15) is 5.60 Å². The lowest BCUT2D eigenvalue weighted by molar-refractivity contribution is -0.142. The third-order valence-electron chi connectivity index (χ3n) is 3.37. The monoisotopic (exact) mass is 214 g/mol. The van der Waals surface area contributed by atoms with Crippen LogP contribution in [0.1, 0.15) is 33.6 Å². The number of rotatable bonds is 4. The van der Waals surface area contributed by atoms with Gasteiger partial charge in [0.15, 0.2) is 6.10 Å². The number of carbonyl (C=O) groups excluding carboxylic acids is 1. The van der Waals surface area contributed by atoms with Gasteiger partial charge in [-0.3, -0.25) is 0 Å². The molecule has 2 fully saturated rings. The van der Waals surface area contributed by atoms with Crippen molar-refractivity contribution in [3.05, 3.63) is 0 Å². The van der Waals surface area contributed by atoms with Gasteiger partial charge >= 0.3 is 5.97 Å². The maximum Gasteiger partial charge on any atom is 0.338 e. The van der Waals surface area contributed by atoms with E-state index in [1.54, 1.807) is 0 Å². The van der Waals surface area contributed by atoms with E-state index in [1.165, 1.54) is 7.11 Å². The van der Waals surface area contributed by atoms with Crippen LogP contribution in [0.2, 0.25) is 0 Å². The zero-order valence-corrected chi connectivity index (χ0v) is 9.70. The van der Waals surface area contributed by atoms with Gasteiger partial charge in [-0.25, -0.2) is 4.79 Å². The summed E-state index contributed by atoms with van der Waals surface area (Å²) in [5.74, 6) is -0.270. The molecule has 2 rings (SSSR count). The number of methoxy groups -OCH3 is 1. The van der Waals surface area contributed by atoms with Gasteiger partial charge in [0.2, 0.25) is 0 Å². The van der Waals surface area contributed by atoms with Crippen LogP contribution in [-0.2, 0) is 19.0 Å². The molecule has 3 atom stereocenters. The molecule has 0 radical (unpaired) electrons. The van der Waals surface area contributed by atoms with E-state index in [2.05, 4.69) is 18.6 Å². The third-order valence-corrected chi connectivity index (χ3v) is 3.37. The van der Waals surface area contributed by atoms with Crippen molar-refractivity contribution in [1.82, 2.24) is 0 Å². The van der Waals surface area contributed by atoms with Crippen molar-refractivity contribution in [2.24, 2.45) is 0 Å². The number of carbonyl (C=O) groups is 1. The Morgan fingerprint density at radius 1 is 1.33 bits per heavy atom. The Morgan fingerprint density at radius 3 is 2.40 bits per heavy atom. The molecule has 4 nitrogen and oxygen atoms in total. The van der Waals surface area contributed by atoms with E-state index in [1.807, 2.05) is 6.92 Å². The first-order valence-corrected chi connectivity index (χ1v) is 5.32. The van der Waals surface area contributed by atoms with Crippen molar-refractivity contribution in [3.8, 4) is 0 Å². The molecule has 0 aromatic carbocycles. The maximum atomic E-state index is 11.2. The first-order chi connectivity index (χ1) is 6.89. The van der Waals surface area contributed by atoms with E-state index in [9.17, 15) is 4.79 Å². The predicted molar refractivity (Wildman–Crippen MR) is 53.5 cm³/mol. The number of hydrogen-bond donors (Lipinski definition) is 0. The molecule has 0 amide bonds. The van der Waals surface area contributed by atoms with Gasteiger partial charge < -0.3 is 14.2 Å². The van der Waals surface area contributed by atoms with E-state index in [4.69, 9.17) is 9.47 Å². The SMILES string of the molecule is COC(=O)[C@H]1O[C@]1(C)CCC1OC1(C)C. The van der Waals surface area contributed by atoms with E-state index < -0.39 is 0 Å².